The van der Waals surface area contributed by atoms with Crippen LogP contribution in [0.15, 0.2) is 60.7 Å². The summed E-state index contributed by atoms with van der Waals surface area (Å²) in [6.07, 6.45) is 3.15. The van der Waals surface area contributed by atoms with Gasteiger partial charge in [0.25, 0.3) is 0 Å². The van der Waals surface area contributed by atoms with Crippen LogP contribution in [0, 0.1) is 0 Å². The zero-order valence-electron chi connectivity index (χ0n) is 13.9. The summed E-state index contributed by atoms with van der Waals surface area (Å²) in [4.78, 5) is 15.0. The Hall–Kier alpha value is -2.13. The largest absolute Gasteiger partial charge is 0.351 e. The number of rotatable bonds is 5. The highest BCUT2D eigenvalue weighted by Gasteiger charge is 2.41. The number of benzene rings is 2. The van der Waals surface area contributed by atoms with Gasteiger partial charge in [0.2, 0.25) is 5.91 Å². The van der Waals surface area contributed by atoms with Crippen LogP contribution in [0.5, 0.6) is 0 Å². The molecule has 1 aliphatic heterocycles. The van der Waals surface area contributed by atoms with Crippen LogP contribution >= 0.6 is 0 Å². The fourth-order valence-electron chi connectivity index (χ4n) is 3.83. The molecule has 124 valence electrons. The van der Waals surface area contributed by atoms with Crippen molar-refractivity contribution in [2.45, 2.75) is 43.8 Å². The molecule has 0 bridgehead atoms. The molecule has 24 heavy (non-hydrogen) atoms. The highest BCUT2D eigenvalue weighted by molar-refractivity contribution is 5.82. The Labute approximate surface area is 143 Å². The van der Waals surface area contributed by atoms with Crippen LogP contribution in [0.1, 0.15) is 36.3 Å². The van der Waals surface area contributed by atoms with Gasteiger partial charge in [-0.3, -0.25) is 9.69 Å². The Morgan fingerprint density at radius 1 is 1.04 bits per heavy atom. The van der Waals surface area contributed by atoms with E-state index < -0.39 is 0 Å². The Morgan fingerprint density at radius 2 is 1.75 bits per heavy atom. The number of amides is 1. The van der Waals surface area contributed by atoms with E-state index in [4.69, 9.17) is 0 Å². The van der Waals surface area contributed by atoms with E-state index >= 15 is 0 Å². The Kier molecular flexibility index (Phi) is 4.35. The maximum Gasteiger partial charge on any atom is 0.237 e. The third-order valence-electron chi connectivity index (χ3n) is 5.24. The van der Waals surface area contributed by atoms with Gasteiger partial charge < -0.3 is 5.32 Å². The van der Waals surface area contributed by atoms with Crippen LogP contribution in [0.4, 0.5) is 0 Å². The summed E-state index contributed by atoms with van der Waals surface area (Å²) in [6, 6.07) is 21.3. The second-order valence-corrected chi connectivity index (χ2v) is 6.98. The van der Waals surface area contributed by atoms with Gasteiger partial charge >= 0.3 is 0 Å². The standard InChI is InChI=1S/C21H24N2O/c24-21(22-19-14-18(19)17-10-5-2-6-11-17)20-12-7-13-23(20)15-16-8-3-1-4-9-16/h1-6,8-11,18-20H,7,12-15H2,(H,22,24)/t18-,19-,20+/m1/s1. The Morgan fingerprint density at radius 3 is 2.50 bits per heavy atom. The average Bonchev–Trinajstić information content (AvgIpc) is 3.23. The van der Waals surface area contributed by atoms with Crippen LogP contribution in [-0.4, -0.2) is 29.4 Å². The van der Waals surface area contributed by atoms with Crippen molar-refractivity contribution in [2.75, 3.05) is 6.54 Å². The van der Waals surface area contributed by atoms with Crippen molar-refractivity contribution in [2.24, 2.45) is 0 Å². The van der Waals surface area contributed by atoms with Gasteiger partial charge in [0.15, 0.2) is 0 Å². The predicted molar refractivity (Wildman–Crippen MR) is 95.6 cm³/mol. The predicted octanol–water partition coefficient (Wildman–Crippen LogP) is 3.32. The van der Waals surface area contributed by atoms with Gasteiger partial charge in [0.05, 0.1) is 6.04 Å². The molecule has 0 radical (unpaired) electrons. The molecule has 0 unspecified atom stereocenters. The minimum atomic E-state index is 0.0298. The maximum absolute atomic E-state index is 12.7. The first-order chi connectivity index (χ1) is 11.8. The van der Waals surface area contributed by atoms with Gasteiger partial charge in [-0.05, 0) is 36.9 Å². The summed E-state index contributed by atoms with van der Waals surface area (Å²) in [6.45, 7) is 1.88. The van der Waals surface area contributed by atoms with E-state index in [0.29, 0.717) is 12.0 Å². The lowest BCUT2D eigenvalue weighted by atomic mass is 10.1. The second kappa shape index (κ2) is 6.78. The lowest BCUT2D eigenvalue weighted by Gasteiger charge is -2.23. The lowest BCUT2D eigenvalue weighted by molar-refractivity contribution is -0.125. The first-order valence-corrected chi connectivity index (χ1v) is 8.94. The van der Waals surface area contributed by atoms with Crippen LogP contribution < -0.4 is 5.32 Å². The van der Waals surface area contributed by atoms with Gasteiger partial charge in [-0.15, -0.1) is 0 Å². The lowest BCUT2D eigenvalue weighted by Crippen LogP contribution is -2.43. The third-order valence-corrected chi connectivity index (χ3v) is 5.24. The summed E-state index contributed by atoms with van der Waals surface area (Å²) in [5.74, 6) is 0.714. The quantitative estimate of drug-likeness (QED) is 0.916. The molecule has 2 aliphatic rings. The topological polar surface area (TPSA) is 32.3 Å². The minimum Gasteiger partial charge on any atom is -0.351 e. The van der Waals surface area contributed by atoms with E-state index in [1.54, 1.807) is 0 Å². The molecule has 3 atom stereocenters. The smallest absolute Gasteiger partial charge is 0.237 e. The summed E-state index contributed by atoms with van der Waals surface area (Å²) >= 11 is 0. The number of carbonyl (C=O) groups excluding carboxylic acids is 1. The molecule has 0 aromatic heterocycles. The molecule has 1 amide bonds. The number of carbonyl (C=O) groups is 1. The molecule has 0 spiro atoms. The van der Waals surface area contributed by atoms with E-state index in [-0.39, 0.29) is 11.9 Å². The van der Waals surface area contributed by atoms with Crippen molar-refractivity contribution in [3.05, 3.63) is 71.8 Å². The van der Waals surface area contributed by atoms with Crippen LogP contribution in [-0.2, 0) is 11.3 Å². The Balaban J connectivity index is 1.34. The fourth-order valence-corrected chi connectivity index (χ4v) is 3.83. The van der Waals surface area contributed by atoms with Crippen molar-refractivity contribution in [3.8, 4) is 0 Å². The van der Waals surface area contributed by atoms with Crippen LogP contribution in [0.2, 0.25) is 0 Å². The number of nitrogens with zero attached hydrogens (tertiary/aromatic N) is 1. The SMILES string of the molecule is O=C(N[C@@H]1C[C@@H]1c1ccccc1)[C@@H]1CCCN1Cc1ccccc1. The zero-order chi connectivity index (χ0) is 16.4. The molecule has 1 aliphatic carbocycles. The van der Waals surface area contributed by atoms with Crippen LogP contribution in [0.3, 0.4) is 0 Å². The monoisotopic (exact) mass is 320 g/mol. The number of hydrogen-bond donors (Lipinski definition) is 1. The number of likely N-dealkylation sites (tertiary alicyclic amines) is 1. The van der Waals surface area contributed by atoms with Crippen molar-refractivity contribution in [3.63, 3.8) is 0 Å². The summed E-state index contributed by atoms with van der Waals surface area (Å²) < 4.78 is 0. The van der Waals surface area contributed by atoms with Crippen molar-refractivity contribution >= 4 is 5.91 Å². The first kappa shape index (κ1) is 15.4. The highest BCUT2D eigenvalue weighted by atomic mass is 16.2. The molecule has 4 rings (SSSR count). The number of hydrogen-bond acceptors (Lipinski definition) is 2. The van der Waals surface area contributed by atoms with Crippen molar-refractivity contribution in [1.29, 1.82) is 0 Å². The normalized spacial score (nSPS) is 26.2. The van der Waals surface area contributed by atoms with E-state index in [0.717, 1.165) is 32.4 Å². The van der Waals surface area contributed by atoms with Gasteiger partial charge in [-0.2, -0.15) is 0 Å². The first-order valence-electron chi connectivity index (χ1n) is 8.94. The summed E-state index contributed by atoms with van der Waals surface area (Å²) in [7, 11) is 0. The van der Waals surface area contributed by atoms with Gasteiger partial charge in [0.1, 0.15) is 0 Å². The van der Waals surface area contributed by atoms with Gasteiger partial charge in [-0.25, -0.2) is 0 Å². The molecule has 1 heterocycles. The second-order valence-electron chi connectivity index (χ2n) is 6.98. The van der Waals surface area contributed by atoms with E-state index in [1.165, 1.54) is 11.1 Å². The van der Waals surface area contributed by atoms with Gasteiger partial charge in [-0.1, -0.05) is 60.7 Å². The maximum atomic E-state index is 12.7. The zero-order valence-corrected chi connectivity index (χ0v) is 13.9. The third kappa shape index (κ3) is 3.36. The molecular weight excluding hydrogens is 296 g/mol. The molecule has 2 aromatic rings. The van der Waals surface area contributed by atoms with E-state index in [1.807, 2.05) is 12.1 Å². The minimum absolute atomic E-state index is 0.0298. The summed E-state index contributed by atoms with van der Waals surface area (Å²) in [5.41, 5.74) is 2.63. The molecule has 1 saturated heterocycles. The highest BCUT2D eigenvalue weighted by Crippen LogP contribution is 2.40. The van der Waals surface area contributed by atoms with Gasteiger partial charge in [0, 0.05) is 18.5 Å². The molecule has 3 nitrogen and oxygen atoms in total. The molecule has 3 heteroatoms. The van der Waals surface area contributed by atoms with Crippen molar-refractivity contribution < 1.29 is 4.79 Å². The van der Waals surface area contributed by atoms with E-state index in [9.17, 15) is 4.79 Å². The molecule has 2 fully saturated rings. The van der Waals surface area contributed by atoms with Crippen molar-refractivity contribution in [1.82, 2.24) is 10.2 Å². The molecule has 1 N–H and O–H groups in total. The molecule has 1 saturated carbocycles. The average molecular weight is 320 g/mol. The number of nitrogens with one attached hydrogen (secondary N) is 1. The van der Waals surface area contributed by atoms with E-state index in [2.05, 4.69) is 58.7 Å². The molecular formula is C21H24N2O. The fraction of sp³-hybridized carbons (Fsp3) is 0.381. The summed E-state index contributed by atoms with van der Waals surface area (Å²) in [5, 5.41) is 3.28. The Bertz CT molecular complexity index is 685. The van der Waals surface area contributed by atoms with Crippen LogP contribution in [0.25, 0.3) is 0 Å². The molecule has 2 aromatic carbocycles.